The van der Waals surface area contributed by atoms with E-state index in [4.69, 9.17) is 0 Å². The van der Waals surface area contributed by atoms with Crippen molar-refractivity contribution < 1.29 is 0 Å². The van der Waals surface area contributed by atoms with Gasteiger partial charge in [0, 0.05) is 24.8 Å². The van der Waals surface area contributed by atoms with Gasteiger partial charge in [0.25, 0.3) is 0 Å². The Morgan fingerprint density at radius 1 is 1.57 bits per heavy atom. The number of nitrogens with one attached hydrogen (secondary N) is 1. The molecule has 0 saturated heterocycles. The molecule has 0 aromatic carbocycles. The molecule has 0 bridgehead atoms. The predicted octanol–water partition coefficient (Wildman–Crippen LogP) is 1.22. The molecule has 0 fully saturated rings. The van der Waals surface area contributed by atoms with Gasteiger partial charge in [-0.25, -0.2) is 9.50 Å². The Hall–Kier alpha value is -1.58. The molecule has 2 heterocycles. The van der Waals surface area contributed by atoms with E-state index >= 15 is 0 Å². The minimum atomic E-state index is -0.00685. The van der Waals surface area contributed by atoms with E-state index in [2.05, 4.69) is 23.9 Å². The quantitative estimate of drug-likeness (QED) is 0.776. The smallest absolute Gasteiger partial charge is 0.183 e. The lowest BCUT2D eigenvalue weighted by Gasteiger charge is -1.97. The molecule has 1 N–H and O–H groups in total. The van der Waals surface area contributed by atoms with E-state index in [1.807, 2.05) is 0 Å². The van der Waals surface area contributed by atoms with Crippen LogP contribution in [0.25, 0.3) is 5.65 Å². The van der Waals surface area contributed by atoms with Crippen LogP contribution in [0.15, 0.2) is 23.1 Å². The summed E-state index contributed by atoms with van der Waals surface area (Å²) in [7, 11) is 0. The van der Waals surface area contributed by atoms with Crippen molar-refractivity contribution in [1.29, 1.82) is 0 Å². The summed E-state index contributed by atoms with van der Waals surface area (Å²) in [5, 5.41) is 3.12. The Labute approximate surface area is 81.6 Å². The highest BCUT2D eigenvalue weighted by Gasteiger charge is 2.03. The lowest BCUT2D eigenvalue weighted by Crippen LogP contribution is -1.99. The third-order valence-electron chi connectivity index (χ3n) is 2.01. The largest absolute Gasteiger partial charge is 0.290 e. The molecule has 0 unspecified atom stereocenters. The average molecular weight is 191 g/mol. The number of fused-ring (bicyclic) bond motifs is 1. The van der Waals surface area contributed by atoms with Crippen LogP contribution in [0.1, 0.15) is 19.7 Å². The highest BCUT2D eigenvalue weighted by atomic mass is 16.1. The maximum absolute atomic E-state index is 11.0. The van der Waals surface area contributed by atoms with Crippen LogP contribution in [-0.2, 0) is 6.42 Å². The zero-order valence-corrected chi connectivity index (χ0v) is 8.32. The Morgan fingerprint density at radius 3 is 3.07 bits per heavy atom. The van der Waals surface area contributed by atoms with Gasteiger partial charge < -0.3 is 0 Å². The van der Waals surface area contributed by atoms with E-state index in [0.29, 0.717) is 11.6 Å². The van der Waals surface area contributed by atoms with Crippen molar-refractivity contribution in [2.75, 3.05) is 0 Å². The first-order valence-electron chi connectivity index (χ1n) is 4.72. The fraction of sp³-hybridized carbons (Fsp3) is 0.400. The summed E-state index contributed by atoms with van der Waals surface area (Å²) in [5.41, 5.74) is 0.681. The Balaban J connectivity index is 2.46. The van der Waals surface area contributed by atoms with Gasteiger partial charge in [0.1, 0.15) is 5.82 Å². The molecule has 0 spiro atoms. The summed E-state index contributed by atoms with van der Waals surface area (Å²) in [6.07, 6.45) is 2.60. The first-order chi connectivity index (χ1) is 6.65. The molecule has 0 aliphatic carbocycles. The fourth-order valence-electron chi connectivity index (χ4n) is 1.43. The molecule has 0 atom stereocenters. The number of rotatable bonds is 2. The molecule has 4 nitrogen and oxygen atoms in total. The SMILES string of the molecule is CC(C)Cc1nc2cc(=O)ccn2[nH]1. The fourth-order valence-corrected chi connectivity index (χ4v) is 1.43. The van der Waals surface area contributed by atoms with E-state index in [-0.39, 0.29) is 5.43 Å². The molecule has 2 rings (SSSR count). The molecule has 2 aromatic heterocycles. The van der Waals surface area contributed by atoms with E-state index in [1.54, 1.807) is 10.7 Å². The zero-order valence-electron chi connectivity index (χ0n) is 8.32. The second-order valence-corrected chi connectivity index (χ2v) is 3.86. The number of nitrogens with zero attached hydrogens (tertiary/aromatic N) is 2. The normalized spacial score (nSPS) is 11.4. The first kappa shape index (κ1) is 8.99. The van der Waals surface area contributed by atoms with Crippen LogP contribution in [0.2, 0.25) is 0 Å². The van der Waals surface area contributed by atoms with Crippen molar-refractivity contribution in [3.05, 3.63) is 34.4 Å². The summed E-state index contributed by atoms with van der Waals surface area (Å²) in [4.78, 5) is 15.4. The van der Waals surface area contributed by atoms with Crippen molar-refractivity contribution in [2.45, 2.75) is 20.3 Å². The van der Waals surface area contributed by atoms with Gasteiger partial charge in [-0.3, -0.25) is 9.89 Å². The first-order valence-corrected chi connectivity index (χ1v) is 4.72. The van der Waals surface area contributed by atoms with Crippen LogP contribution in [0.5, 0.6) is 0 Å². The van der Waals surface area contributed by atoms with Crippen molar-refractivity contribution in [1.82, 2.24) is 14.6 Å². The number of hydrogen-bond donors (Lipinski definition) is 1. The Bertz CT molecular complexity index is 495. The van der Waals surface area contributed by atoms with E-state index in [9.17, 15) is 4.79 Å². The molecule has 4 heteroatoms. The second kappa shape index (κ2) is 3.29. The molecule has 0 aliphatic heterocycles. The summed E-state index contributed by atoms with van der Waals surface area (Å²) < 4.78 is 1.76. The number of hydrogen-bond acceptors (Lipinski definition) is 2. The van der Waals surface area contributed by atoms with Gasteiger partial charge in [-0.1, -0.05) is 13.8 Å². The molecule has 74 valence electrons. The Kier molecular flexibility index (Phi) is 2.11. The number of aromatic nitrogens is 3. The Morgan fingerprint density at radius 2 is 2.36 bits per heavy atom. The maximum atomic E-state index is 11.0. The summed E-state index contributed by atoms with van der Waals surface area (Å²) in [5.74, 6) is 1.48. The minimum absolute atomic E-state index is 0.00685. The summed E-state index contributed by atoms with van der Waals surface area (Å²) in [6, 6.07) is 3.05. The third kappa shape index (κ3) is 1.69. The number of aromatic amines is 1. The molecular formula is C10H13N3O. The van der Waals surface area contributed by atoms with E-state index in [0.717, 1.165) is 12.2 Å². The van der Waals surface area contributed by atoms with Crippen LogP contribution in [-0.4, -0.2) is 14.6 Å². The van der Waals surface area contributed by atoms with Gasteiger partial charge in [0.05, 0.1) is 0 Å². The van der Waals surface area contributed by atoms with Crippen molar-refractivity contribution >= 4 is 5.65 Å². The van der Waals surface area contributed by atoms with E-state index < -0.39 is 0 Å². The molecule has 0 amide bonds. The second-order valence-electron chi connectivity index (χ2n) is 3.86. The van der Waals surface area contributed by atoms with Gasteiger partial charge in [0.2, 0.25) is 0 Å². The standard InChI is InChI=1S/C10H13N3O/c1-7(2)5-9-11-10-6-8(14)3-4-13(10)12-9/h3-4,6-7H,5H2,1-2H3,(H,11,12). The van der Waals surface area contributed by atoms with E-state index in [1.165, 1.54) is 12.1 Å². The molecule has 0 saturated carbocycles. The molecule has 0 radical (unpaired) electrons. The topological polar surface area (TPSA) is 50.2 Å². The van der Waals surface area contributed by atoms with Gasteiger partial charge in [-0.05, 0) is 5.92 Å². The molecule has 0 aliphatic rings. The highest BCUT2D eigenvalue weighted by Crippen LogP contribution is 2.04. The molecular weight excluding hydrogens is 178 g/mol. The molecule has 2 aromatic rings. The van der Waals surface area contributed by atoms with Gasteiger partial charge >= 0.3 is 0 Å². The maximum Gasteiger partial charge on any atom is 0.183 e. The monoisotopic (exact) mass is 191 g/mol. The van der Waals surface area contributed by atoms with Crippen molar-refractivity contribution in [2.24, 2.45) is 5.92 Å². The van der Waals surface area contributed by atoms with Gasteiger partial charge in [-0.15, -0.1) is 0 Å². The van der Waals surface area contributed by atoms with Crippen LogP contribution >= 0.6 is 0 Å². The zero-order chi connectivity index (χ0) is 10.1. The minimum Gasteiger partial charge on any atom is -0.290 e. The summed E-state index contributed by atoms with van der Waals surface area (Å²) in [6.45, 7) is 4.27. The number of H-pyrrole nitrogens is 1. The van der Waals surface area contributed by atoms with Crippen molar-refractivity contribution in [3.63, 3.8) is 0 Å². The van der Waals surface area contributed by atoms with Gasteiger partial charge in [-0.2, -0.15) is 0 Å². The third-order valence-corrected chi connectivity index (χ3v) is 2.01. The van der Waals surface area contributed by atoms with Crippen LogP contribution in [0.4, 0.5) is 0 Å². The summed E-state index contributed by atoms with van der Waals surface area (Å²) >= 11 is 0. The lowest BCUT2D eigenvalue weighted by molar-refractivity contribution is 0.620. The van der Waals surface area contributed by atoms with Crippen LogP contribution < -0.4 is 5.43 Å². The molecule has 14 heavy (non-hydrogen) atoms. The highest BCUT2D eigenvalue weighted by molar-refractivity contribution is 5.36. The van der Waals surface area contributed by atoms with Crippen LogP contribution in [0, 0.1) is 5.92 Å². The van der Waals surface area contributed by atoms with Crippen LogP contribution in [0.3, 0.4) is 0 Å². The lowest BCUT2D eigenvalue weighted by atomic mass is 10.1. The van der Waals surface area contributed by atoms with Crippen molar-refractivity contribution in [3.8, 4) is 0 Å². The van der Waals surface area contributed by atoms with Gasteiger partial charge in [0.15, 0.2) is 11.1 Å². The number of pyridine rings is 1. The average Bonchev–Trinajstić information content (AvgIpc) is 2.44. The predicted molar refractivity (Wildman–Crippen MR) is 54.4 cm³/mol.